The van der Waals surface area contributed by atoms with Crippen LogP contribution in [0, 0.1) is 11.8 Å². The Hall–Kier alpha value is -1.80. The minimum absolute atomic E-state index is 0. The Morgan fingerprint density at radius 1 is 0.931 bits per heavy atom. The molecule has 1 heterocycles. The van der Waals surface area contributed by atoms with Crippen LogP contribution in [-0.2, 0) is 11.0 Å². The van der Waals surface area contributed by atoms with Crippen molar-refractivity contribution in [2.75, 3.05) is 32.7 Å². The highest BCUT2D eigenvalue weighted by atomic mass is 35.5. The lowest BCUT2D eigenvalue weighted by atomic mass is 9.81. The van der Waals surface area contributed by atoms with Crippen LogP contribution in [0.4, 0.5) is 13.2 Å². The molecule has 2 fully saturated rings. The van der Waals surface area contributed by atoms with Crippen LogP contribution < -0.4 is 5.73 Å². The number of carbonyl (C=O) groups is 2. The molecule has 0 bridgehead atoms. The van der Waals surface area contributed by atoms with Crippen LogP contribution in [0.2, 0.25) is 0 Å². The number of rotatable bonds is 3. The van der Waals surface area contributed by atoms with Crippen molar-refractivity contribution in [3.8, 4) is 0 Å². The summed E-state index contributed by atoms with van der Waals surface area (Å²) in [5, 5.41) is 0. The second-order valence-electron chi connectivity index (χ2n) is 7.65. The van der Waals surface area contributed by atoms with Crippen molar-refractivity contribution in [1.82, 2.24) is 9.80 Å². The van der Waals surface area contributed by atoms with Crippen molar-refractivity contribution in [3.63, 3.8) is 0 Å². The Kier molecular flexibility index (Phi) is 7.94. The van der Waals surface area contributed by atoms with E-state index in [1.165, 1.54) is 12.1 Å². The molecule has 29 heavy (non-hydrogen) atoms. The van der Waals surface area contributed by atoms with E-state index in [-0.39, 0.29) is 35.7 Å². The van der Waals surface area contributed by atoms with Gasteiger partial charge in [0.25, 0.3) is 5.91 Å². The van der Waals surface area contributed by atoms with Crippen molar-refractivity contribution in [1.29, 1.82) is 0 Å². The van der Waals surface area contributed by atoms with Crippen LogP contribution in [0.15, 0.2) is 24.3 Å². The summed E-state index contributed by atoms with van der Waals surface area (Å²) < 4.78 is 38.0. The van der Waals surface area contributed by atoms with Gasteiger partial charge in [0.1, 0.15) is 0 Å². The molecule has 1 saturated heterocycles. The van der Waals surface area contributed by atoms with Crippen LogP contribution in [0.25, 0.3) is 0 Å². The zero-order valence-corrected chi connectivity index (χ0v) is 17.0. The average molecular weight is 434 g/mol. The number of amides is 2. The second-order valence-corrected chi connectivity index (χ2v) is 7.65. The van der Waals surface area contributed by atoms with Crippen LogP contribution in [0.1, 0.15) is 41.6 Å². The monoisotopic (exact) mass is 433 g/mol. The van der Waals surface area contributed by atoms with Gasteiger partial charge in [0, 0.05) is 37.7 Å². The highest BCUT2D eigenvalue weighted by Gasteiger charge is 2.33. The van der Waals surface area contributed by atoms with Gasteiger partial charge < -0.3 is 15.5 Å². The third-order valence-electron chi connectivity index (χ3n) is 5.87. The summed E-state index contributed by atoms with van der Waals surface area (Å²) in [5.41, 5.74) is 5.16. The SMILES string of the molecule is Cl.NCC1CCC(C(=O)N2CCN(C(=O)c3ccc(C(F)(F)F)cc3)CC2)CC1. The molecule has 1 aliphatic heterocycles. The molecule has 1 aromatic rings. The van der Waals surface area contributed by atoms with Crippen molar-refractivity contribution in [2.24, 2.45) is 17.6 Å². The summed E-state index contributed by atoms with van der Waals surface area (Å²) in [6.07, 6.45) is -0.716. The molecule has 0 unspecified atom stereocenters. The van der Waals surface area contributed by atoms with E-state index in [4.69, 9.17) is 5.73 Å². The van der Waals surface area contributed by atoms with Crippen molar-refractivity contribution < 1.29 is 22.8 Å². The number of benzene rings is 1. The molecule has 1 aromatic carbocycles. The fourth-order valence-electron chi connectivity index (χ4n) is 4.02. The number of hydrogen-bond acceptors (Lipinski definition) is 3. The standard InChI is InChI=1S/C20H26F3N3O2.ClH/c21-20(22,23)17-7-5-16(6-8-17)19(28)26-11-9-25(10-12-26)18(27)15-3-1-14(13-24)2-4-15;/h5-8,14-15H,1-4,9-13,24H2;1H. The predicted molar refractivity (Wildman–Crippen MR) is 106 cm³/mol. The van der Waals surface area contributed by atoms with E-state index in [0.29, 0.717) is 38.6 Å². The normalized spacial score (nSPS) is 22.8. The number of alkyl halides is 3. The number of nitrogens with zero attached hydrogens (tertiary/aromatic N) is 2. The Labute approximate surface area is 174 Å². The fourth-order valence-corrected chi connectivity index (χ4v) is 4.02. The number of nitrogens with two attached hydrogens (primary N) is 1. The van der Waals surface area contributed by atoms with E-state index in [9.17, 15) is 22.8 Å². The first kappa shape index (κ1) is 23.5. The van der Waals surface area contributed by atoms with Crippen LogP contribution in [0.5, 0.6) is 0 Å². The molecular weight excluding hydrogens is 407 g/mol. The third-order valence-corrected chi connectivity index (χ3v) is 5.87. The van der Waals surface area contributed by atoms with E-state index in [0.717, 1.165) is 37.8 Å². The van der Waals surface area contributed by atoms with Crippen molar-refractivity contribution in [3.05, 3.63) is 35.4 Å². The molecule has 2 amide bonds. The highest BCUT2D eigenvalue weighted by Crippen LogP contribution is 2.30. The molecule has 2 N–H and O–H groups in total. The van der Waals surface area contributed by atoms with Crippen LogP contribution >= 0.6 is 12.4 Å². The quantitative estimate of drug-likeness (QED) is 0.796. The Balaban J connectivity index is 0.00000300. The maximum Gasteiger partial charge on any atom is 0.416 e. The van der Waals surface area contributed by atoms with Crippen LogP contribution in [-0.4, -0.2) is 54.3 Å². The summed E-state index contributed by atoms with van der Waals surface area (Å²) >= 11 is 0. The van der Waals surface area contributed by atoms with Gasteiger partial charge in [-0.1, -0.05) is 0 Å². The number of halogens is 4. The molecule has 2 aliphatic rings. The van der Waals surface area contributed by atoms with Gasteiger partial charge in [-0.2, -0.15) is 13.2 Å². The van der Waals surface area contributed by atoms with Gasteiger partial charge >= 0.3 is 6.18 Å². The lowest BCUT2D eigenvalue weighted by Crippen LogP contribution is -2.52. The maximum atomic E-state index is 12.7. The molecule has 0 aromatic heterocycles. The Morgan fingerprint density at radius 3 is 1.93 bits per heavy atom. The summed E-state index contributed by atoms with van der Waals surface area (Å²) in [5.74, 6) is 0.406. The van der Waals surface area contributed by atoms with Crippen molar-refractivity contribution in [2.45, 2.75) is 31.9 Å². The molecule has 3 rings (SSSR count). The lowest BCUT2D eigenvalue weighted by molar-refractivity contribution is -0.138. The molecule has 1 saturated carbocycles. The van der Waals surface area contributed by atoms with Gasteiger partial charge in [0.05, 0.1) is 5.56 Å². The topological polar surface area (TPSA) is 66.6 Å². The van der Waals surface area contributed by atoms with Crippen LogP contribution in [0.3, 0.4) is 0 Å². The Bertz CT molecular complexity index is 696. The van der Waals surface area contributed by atoms with E-state index < -0.39 is 11.7 Å². The van der Waals surface area contributed by atoms with E-state index in [2.05, 4.69) is 0 Å². The molecule has 162 valence electrons. The predicted octanol–water partition coefficient (Wildman–Crippen LogP) is 3.18. The number of hydrogen-bond donors (Lipinski definition) is 1. The van der Waals surface area contributed by atoms with Crippen molar-refractivity contribution >= 4 is 24.2 Å². The lowest BCUT2D eigenvalue weighted by Gasteiger charge is -2.38. The summed E-state index contributed by atoms with van der Waals surface area (Å²) in [6, 6.07) is 4.26. The molecule has 0 atom stereocenters. The Morgan fingerprint density at radius 2 is 1.45 bits per heavy atom. The minimum Gasteiger partial charge on any atom is -0.339 e. The molecule has 0 radical (unpaired) electrons. The summed E-state index contributed by atoms with van der Waals surface area (Å²) in [6.45, 7) is 2.38. The highest BCUT2D eigenvalue weighted by molar-refractivity contribution is 5.94. The smallest absolute Gasteiger partial charge is 0.339 e. The molecule has 9 heteroatoms. The van der Waals surface area contributed by atoms with Gasteiger partial charge in [-0.15, -0.1) is 12.4 Å². The first-order chi connectivity index (χ1) is 13.3. The molecule has 5 nitrogen and oxygen atoms in total. The fraction of sp³-hybridized carbons (Fsp3) is 0.600. The van der Waals surface area contributed by atoms with Gasteiger partial charge in [0.2, 0.25) is 5.91 Å². The minimum atomic E-state index is -4.42. The average Bonchev–Trinajstić information content (AvgIpc) is 2.72. The molecule has 0 spiro atoms. The van der Waals surface area contributed by atoms with Gasteiger partial charge in [0.15, 0.2) is 0 Å². The molecule has 1 aliphatic carbocycles. The summed E-state index contributed by atoms with van der Waals surface area (Å²) in [4.78, 5) is 28.7. The van der Waals surface area contributed by atoms with Gasteiger partial charge in [-0.25, -0.2) is 0 Å². The molecular formula is C20H27ClF3N3O2. The largest absolute Gasteiger partial charge is 0.416 e. The third kappa shape index (κ3) is 5.63. The zero-order valence-electron chi connectivity index (χ0n) is 16.2. The number of piperazine rings is 1. The van der Waals surface area contributed by atoms with Gasteiger partial charge in [-0.05, 0) is 62.4 Å². The zero-order chi connectivity index (χ0) is 20.3. The maximum absolute atomic E-state index is 12.7. The van der Waals surface area contributed by atoms with Gasteiger partial charge in [-0.3, -0.25) is 9.59 Å². The first-order valence-corrected chi connectivity index (χ1v) is 9.75. The van der Waals surface area contributed by atoms with E-state index in [1.54, 1.807) is 4.90 Å². The first-order valence-electron chi connectivity index (χ1n) is 9.75. The summed E-state index contributed by atoms with van der Waals surface area (Å²) in [7, 11) is 0. The van der Waals surface area contributed by atoms with E-state index in [1.807, 2.05) is 4.90 Å². The number of carbonyl (C=O) groups excluding carboxylic acids is 2. The van der Waals surface area contributed by atoms with E-state index >= 15 is 0 Å². The second kappa shape index (κ2) is 9.80.